The Kier molecular flexibility index (Phi) is 4.83. The van der Waals surface area contributed by atoms with Crippen molar-refractivity contribution in [2.45, 2.75) is 19.9 Å². The van der Waals surface area contributed by atoms with Gasteiger partial charge in [0.05, 0.1) is 24.4 Å². The first kappa shape index (κ1) is 16.8. The monoisotopic (exact) mass is 341 g/mol. The van der Waals surface area contributed by atoms with Crippen molar-refractivity contribution in [2.24, 2.45) is 0 Å². The molecule has 0 bridgehead atoms. The lowest BCUT2D eigenvalue weighted by Gasteiger charge is -2.29. The van der Waals surface area contributed by atoms with Crippen LogP contribution in [0.3, 0.4) is 0 Å². The molecule has 0 fully saturated rings. The molecule has 2 aromatic rings. The number of amides is 2. The number of benzene rings is 1. The molecule has 0 aliphatic carbocycles. The molecule has 1 aromatic heterocycles. The molecule has 130 valence electrons. The van der Waals surface area contributed by atoms with E-state index in [0.717, 1.165) is 5.69 Å². The number of hydrogen-bond donors (Lipinski definition) is 2. The number of rotatable bonds is 4. The number of nitrogens with zero attached hydrogens (tertiary/aromatic N) is 2. The van der Waals surface area contributed by atoms with E-state index in [9.17, 15) is 14.7 Å². The average molecular weight is 341 g/mol. The summed E-state index contributed by atoms with van der Waals surface area (Å²) in [6, 6.07) is 8.38. The van der Waals surface area contributed by atoms with E-state index in [2.05, 4.69) is 10.3 Å². The Balaban J connectivity index is 1.78. The van der Waals surface area contributed by atoms with Gasteiger partial charge in [0, 0.05) is 30.4 Å². The molecular formula is C18H19N3O4. The van der Waals surface area contributed by atoms with Gasteiger partial charge in [-0.3, -0.25) is 4.98 Å². The van der Waals surface area contributed by atoms with E-state index in [1.54, 1.807) is 17.0 Å². The van der Waals surface area contributed by atoms with E-state index in [-0.39, 0.29) is 18.1 Å². The van der Waals surface area contributed by atoms with Crippen LogP contribution in [-0.2, 0) is 13.0 Å². The van der Waals surface area contributed by atoms with Gasteiger partial charge in [-0.25, -0.2) is 9.59 Å². The molecule has 0 saturated heterocycles. The van der Waals surface area contributed by atoms with E-state index in [1.165, 1.54) is 12.3 Å². The number of aromatic carboxylic acids is 1. The van der Waals surface area contributed by atoms with Crippen molar-refractivity contribution in [3.05, 3.63) is 53.3 Å². The Hall–Kier alpha value is -3.09. The van der Waals surface area contributed by atoms with Crippen molar-refractivity contribution in [1.82, 2.24) is 9.88 Å². The Morgan fingerprint density at radius 2 is 2.12 bits per heavy atom. The SMILES string of the molecule is CCOc1ccccc1NC(=O)N1CCc2nccc(C(=O)O)c2C1. The van der Waals surface area contributed by atoms with Crippen LogP contribution in [0.25, 0.3) is 0 Å². The van der Waals surface area contributed by atoms with Crippen LogP contribution in [0.4, 0.5) is 10.5 Å². The summed E-state index contributed by atoms with van der Waals surface area (Å²) in [5.74, 6) is -0.411. The third-order valence-electron chi connectivity index (χ3n) is 4.06. The number of fused-ring (bicyclic) bond motifs is 1. The summed E-state index contributed by atoms with van der Waals surface area (Å²) >= 11 is 0. The zero-order chi connectivity index (χ0) is 17.8. The minimum Gasteiger partial charge on any atom is -0.492 e. The number of hydrogen-bond acceptors (Lipinski definition) is 4. The first-order valence-corrected chi connectivity index (χ1v) is 8.08. The van der Waals surface area contributed by atoms with E-state index < -0.39 is 5.97 Å². The maximum Gasteiger partial charge on any atom is 0.336 e. The molecule has 1 aromatic carbocycles. The minimum atomic E-state index is -1.01. The lowest BCUT2D eigenvalue weighted by atomic mass is 10.0. The minimum absolute atomic E-state index is 0.192. The summed E-state index contributed by atoms with van der Waals surface area (Å²) in [5.41, 5.74) is 2.11. The highest BCUT2D eigenvalue weighted by atomic mass is 16.5. The van der Waals surface area contributed by atoms with Crippen LogP contribution in [-0.4, -0.2) is 40.1 Å². The summed E-state index contributed by atoms with van der Waals surface area (Å²) in [5, 5.41) is 12.2. The number of para-hydroxylation sites is 2. The Morgan fingerprint density at radius 1 is 1.32 bits per heavy atom. The fourth-order valence-corrected chi connectivity index (χ4v) is 2.86. The molecular weight excluding hydrogens is 322 g/mol. The number of carbonyl (C=O) groups excluding carboxylic acids is 1. The number of anilines is 1. The fourth-order valence-electron chi connectivity index (χ4n) is 2.86. The smallest absolute Gasteiger partial charge is 0.336 e. The first-order chi connectivity index (χ1) is 12.1. The van der Waals surface area contributed by atoms with Crippen molar-refractivity contribution in [3.8, 4) is 5.75 Å². The number of carboxylic acids is 1. The van der Waals surface area contributed by atoms with Crippen LogP contribution in [0.1, 0.15) is 28.5 Å². The Morgan fingerprint density at radius 3 is 2.88 bits per heavy atom. The summed E-state index contributed by atoms with van der Waals surface area (Å²) in [4.78, 5) is 29.8. The van der Waals surface area contributed by atoms with Gasteiger partial charge >= 0.3 is 12.0 Å². The zero-order valence-corrected chi connectivity index (χ0v) is 13.9. The van der Waals surface area contributed by atoms with Crippen molar-refractivity contribution in [2.75, 3.05) is 18.5 Å². The second kappa shape index (κ2) is 7.21. The van der Waals surface area contributed by atoms with Crippen LogP contribution >= 0.6 is 0 Å². The van der Waals surface area contributed by atoms with Gasteiger partial charge in [-0.1, -0.05) is 12.1 Å². The van der Waals surface area contributed by atoms with Crippen LogP contribution in [0, 0.1) is 0 Å². The predicted molar refractivity (Wildman–Crippen MR) is 91.9 cm³/mol. The number of urea groups is 1. The van der Waals surface area contributed by atoms with E-state index in [0.29, 0.717) is 36.6 Å². The van der Waals surface area contributed by atoms with Gasteiger partial charge in [0.15, 0.2) is 0 Å². The highest BCUT2D eigenvalue weighted by Crippen LogP contribution is 2.26. The molecule has 7 nitrogen and oxygen atoms in total. The molecule has 1 aliphatic heterocycles. The van der Waals surface area contributed by atoms with Crippen LogP contribution in [0.2, 0.25) is 0 Å². The van der Waals surface area contributed by atoms with Crippen molar-refractivity contribution >= 4 is 17.7 Å². The maximum absolute atomic E-state index is 12.6. The predicted octanol–water partition coefficient (Wildman–Crippen LogP) is 2.77. The number of pyridine rings is 1. The molecule has 0 spiro atoms. The van der Waals surface area contributed by atoms with Crippen LogP contribution < -0.4 is 10.1 Å². The Labute approximate surface area is 145 Å². The molecule has 0 atom stereocenters. The second-order valence-corrected chi connectivity index (χ2v) is 5.62. The normalized spacial score (nSPS) is 13.1. The highest BCUT2D eigenvalue weighted by molar-refractivity contribution is 5.92. The Bertz CT molecular complexity index is 807. The lowest BCUT2D eigenvalue weighted by Crippen LogP contribution is -2.40. The van der Waals surface area contributed by atoms with E-state index in [4.69, 9.17) is 4.74 Å². The van der Waals surface area contributed by atoms with Gasteiger partial charge < -0.3 is 20.1 Å². The quantitative estimate of drug-likeness (QED) is 0.892. The van der Waals surface area contributed by atoms with Gasteiger partial charge in [0.25, 0.3) is 0 Å². The molecule has 2 N–H and O–H groups in total. The van der Waals surface area contributed by atoms with E-state index in [1.807, 2.05) is 19.1 Å². The topological polar surface area (TPSA) is 91.8 Å². The van der Waals surface area contributed by atoms with Gasteiger partial charge in [0.2, 0.25) is 0 Å². The molecule has 2 heterocycles. The van der Waals surface area contributed by atoms with Crippen molar-refractivity contribution in [3.63, 3.8) is 0 Å². The standard InChI is InChI=1S/C18H19N3O4/c1-2-25-16-6-4-3-5-15(16)20-18(24)21-10-8-14-13(11-21)12(17(22)23)7-9-19-14/h3-7,9H,2,8,10-11H2,1H3,(H,20,24)(H,22,23). The number of carbonyl (C=O) groups is 2. The van der Waals surface area contributed by atoms with Gasteiger partial charge in [-0.05, 0) is 25.1 Å². The van der Waals surface area contributed by atoms with Crippen molar-refractivity contribution in [1.29, 1.82) is 0 Å². The number of nitrogens with one attached hydrogen (secondary N) is 1. The fraction of sp³-hybridized carbons (Fsp3) is 0.278. The first-order valence-electron chi connectivity index (χ1n) is 8.08. The largest absolute Gasteiger partial charge is 0.492 e. The van der Waals surface area contributed by atoms with Gasteiger partial charge in [-0.2, -0.15) is 0 Å². The highest BCUT2D eigenvalue weighted by Gasteiger charge is 2.26. The molecule has 0 saturated carbocycles. The third-order valence-corrected chi connectivity index (χ3v) is 4.06. The molecule has 2 amide bonds. The van der Waals surface area contributed by atoms with Gasteiger partial charge in [-0.15, -0.1) is 0 Å². The number of ether oxygens (including phenoxy) is 1. The lowest BCUT2D eigenvalue weighted by molar-refractivity contribution is 0.0693. The molecule has 7 heteroatoms. The summed E-state index contributed by atoms with van der Waals surface area (Å²) < 4.78 is 5.51. The van der Waals surface area contributed by atoms with Crippen molar-refractivity contribution < 1.29 is 19.4 Å². The molecule has 0 unspecified atom stereocenters. The third kappa shape index (κ3) is 3.55. The summed E-state index contributed by atoms with van der Waals surface area (Å²) in [6.07, 6.45) is 2.02. The zero-order valence-electron chi connectivity index (χ0n) is 13.9. The van der Waals surface area contributed by atoms with Crippen LogP contribution in [0.5, 0.6) is 5.75 Å². The second-order valence-electron chi connectivity index (χ2n) is 5.62. The van der Waals surface area contributed by atoms with E-state index >= 15 is 0 Å². The average Bonchev–Trinajstić information content (AvgIpc) is 2.62. The van der Waals surface area contributed by atoms with Gasteiger partial charge in [0.1, 0.15) is 5.75 Å². The molecule has 1 aliphatic rings. The summed E-state index contributed by atoms with van der Waals surface area (Å²) in [7, 11) is 0. The summed E-state index contributed by atoms with van der Waals surface area (Å²) in [6.45, 7) is 3.07. The number of carboxylic acid groups (broad SMARTS) is 1. The number of aromatic nitrogens is 1. The molecule has 3 rings (SSSR count). The molecule has 0 radical (unpaired) electrons. The maximum atomic E-state index is 12.6. The van der Waals surface area contributed by atoms with Crippen LogP contribution in [0.15, 0.2) is 36.5 Å². The molecule has 25 heavy (non-hydrogen) atoms.